The van der Waals surface area contributed by atoms with E-state index in [4.69, 9.17) is 27.9 Å². The quantitative estimate of drug-likeness (QED) is 0.131. The largest absolute Gasteiger partial charge is 0.423 e. The Labute approximate surface area is 166 Å². The number of nitrogens with zero attached hydrogens (tertiary/aromatic N) is 1. The molecule has 0 aliphatic carbocycles. The number of nitrogen functional groups attached to an aromatic ring is 1. The highest BCUT2D eigenvalue weighted by molar-refractivity contribution is 6.51. The Hall–Kier alpha value is -3.64. The summed E-state index contributed by atoms with van der Waals surface area (Å²) < 4.78 is 5.31. The molecule has 0 aliphatic rings. The Kier molecular flexibility index (Phi) is 5.72. The normalized spacial score (nSPS) is 11.1. The first-order valence-electron chi connectivity index (χ1n) is 8.25. The number of Topliss-reactive ketones (excluding diaryl/α,β-unsaturated/α-hetero) is 1. The zero-order valence-electron chi connectivity index (χ0n) is 14.6. The van der Waals surface area contributed by atoms with Gasteiger partial charge in [-0.05, 0) is 60.7 Å². The van der Waals surface area contributed by atoms with Crippen molar-refractivity contribution in [2.75, 3.05) is 5.73 Å². The van der Waals surface area contributed by atoms with Crippen LogP contribution < -0.4 is 16.3 Å². The molecule has 0 saturated heterocycles. The molecule has 6 nitrogen and oxygen atoms in total. The number of nitrogens with two attached hydrogens (primary N) is 2. The van der Waals surface area contributed by atoms with E-state index in [2.05, 4.69) is 5.10 Å². The smallest absolute Gasteiger partial charge is 0.345 e. The van der Waals surface area contributed by atoms with Crippen LogP contribution in [-0.4, -0.2) is 17.5 Å². The van der Waals surface area contributed by atoms with Crippen LogP contribution in [0.15, 0.2) is 77.9 Å². The summed E-state index contributed by atoms with van der Waals surface area (Å²) in [6.45, 7) is 0. The molecule has 28 heavy (non-hydrogen) atoms. The first-order chi connectivity index (χ1) is 13.5. The first-order valence-corrected chi connectivity index (χ1v) is 8.62. The number of rotatable bonds is 5. The number of hydrazone groups is 1. The average molecular weight is 394 g/mol. The molecule has 0 unspecified atom stereocenters. The lowest BCUT2D eigenvalue weighted by Crippen LogP contribution is -2.18. The third-order valence-electron chi connectivity index (χ3n) is 3.95. The minimum absolute atomic E-state index is 0.0775. The van der Waals surface area contributed by atoms with E-state index in [0.717, 1.165) is 0 Å². The van der Waals surface area contributed by atoms with Gasteiger partial charge in [0.1, 0.15) is 11.5 Å². The third kappa shape index (κ3) is 4.19. The number of halogens is 1. The van der Waals surface area contributed by atoms with E-state index in [0.29, 0.717) is 27.6 Å². The Morgan fingerprint density at radius 2 is 1.46 bits per heavy atom. The fourth-order valence-corrected chi connectivity index (χ4v) is 2.72. The molecule has 0 amide bonds. The van der Waals surface area contributed by atoms with Crippen molar-refractivity contribution in [3.05, 3.63) is 94.5 Å². The lowest BCUT2D eigenvalue weighted by atomic mass is 10.0. The lowest BCUT2D eigenvalue weighted by molar-refractivity contribution is 0.0734. The van der Waals surface area contributed by atoms with Gasteiger partial charge in [-0.2, -0.15) is 5.10 Å². The summed E-state index contributed by atoms with van der Waals surface area (Å²) in [6, 6.07) is 19.3. The molecule has 0 atom stereocenters. The summed E-state index contributed by atoms with van der Waals surface area (Å²) in [4.78, 5) is 24.8. The summed E-state index contributed by atoms with van der Waals surface area (Å²) in [5.41, 5.74) is 7.42. The maximum absolute atomic E-state index is 12.6. The van der Waals surface area contributed by atoms with Gasteiger partial charge in [0.15, 0.2) is 0 Å². The van der Waals surface area contributed by atoms with Gasteiger partial charge >= 0.3 is 5.97 Å². The molecule has 0 spiro atoms. The number of hydrogen-bond donors (Lipinski definition) is 2. The Morgan fingerprint density at radius 1 is 0.857 bits per heavy atom. The number of esters is 1. The molecule has 0 aliphatic heterocycles. The standard InChI is InChI=1S/C21H16ClN3O3/c22-18-4-2-1-3-17(18)21(27)28-16-11-7-13(8-12-16)19(25-24)20(26)14-5-9-15(23)10-6-14/h1-12H,23-24H2/b25-19+. The number of carbonyl (C=O) groups excluding carboxylic acids is 2. The zero-order chi connectivity index (χ0) is 20.1. The molecular formula is C21H16ClN3O3. The first kappa shape index (κ1) is 19.1. The second kappa shape index (κ2) is 8.37. The van der Waals surface area contributed by atoms with Gasteiger partial charge in [0.25, 0.3) is 0 Å². The van der Waals surface area contributed by atoms with Crippen LogP contribution in [0, 0.1) is 0 Å². The van der Waals surface area contributed by atoms with Crippen molar-refractivity contribution in [3.63, 3.8) is 0 Å². The average Bonchev–Trinajstić information content (AvgIpc) is 2.70. The SMILES string of the molecule is N/N=C(/C(=O)c1ccc(N)cc1)c1ccc(OC(=O)c2ccccc2Cl)cc1. The van der Waals surface area contributed by atoms with Crippen molar-refractivity contribution >= 4 is 34.8 Å². The van der Waals surface area contributed by atoms with Crippen molar-refractivity contribution in [1.29, 1.82) is 0 Å². The van der Waals surface area contributed by atoms with E-state index >= 15 is 0 Å². The predicted octanol–water partition coefficient (Wildman–Crippen LogP) is 3.69. The molecule has 0 aromatic heterocycles. The summed E-state index contributed by atoms with van der Waals surface area (Å²) in [7, 11) is 0. The summed E-state index contributed by atoms with van der Waals surface area (Å²) in [6.07, 6.45) is 0. The number of carbonyl (C=O) groups is 2. The molecule has 0 bridgehead atoms. The van der Waals surface area contributed by atoms with Gasteiger partial charge in [0.2, 0.25) is 5.78 Å². The predicted molar refractivity (Wildman–Crippen MR) is 109 cm³/mol. The highest BCUT2D eigenvalue weighted by atomic mass is 35.5. The van der Waals surface area contributed by atoms with Crippen molar-refractivity contribution in [1.82, 2.24) is 0 Å². The van der Waals surface area contributed by atoms with Crippen molar-refractivity contribution in [2.24, 2.45) is 10.9 Å². The van der Waals surface area contributed by atoms with Crippen LogP contribution in [0.1, 0.15) is 26.3 Å². The molecule has 140 valence electrons. The van der Waals surface area contributed by atoms with Crippen LogP contribution in [0.3, 0.4) is 0 Å². The van der Waals surface area contributed by atoms with Crippen molar-refractivity contribution in [3.8, 4) is 5.75 Å². The number of benzene rings is 3. The van der Waals surface area contributed by atoms with Gasteiger partial charge < -0.3 is 16.3 Å². The third-order valence-corrected chi connectivity index (χ3v) is 4.28. The topological polar surface area (TPSA) is 108 Å². The monoisotopic (exact) mass is 393 g/mol. The highest BCUT2D eigenvalue weighted by Gasteiger charge is 2.17. The lowest BCUT2D eigenvalue weighted by Gasteiger charge is -2.08. The Bertz CT molecular complexity index is 1050. The molecule has 3 rings (SSSR count). The fraction of sp³-hybridized carbons (Fsp3) is 0. The van der Waals surface area contributed by atoms with Gasteiger partial charge in [0.05, 0.1) is 10.6 Å². The molecule has 0 radical (unpaired) electrons. The van der Waals surface area contributed by atoms with Crippen molar-refractivity contribution in [2.45, 2.75) is 0 Å². The van der Waals surface area contributed by atoms with Gasteiger partial charge in [-0.15, -0.1) is 0 Å². The molecule has 3 aromatic carbocycles. The molecule has 4 N–H and O–H groups in total. The number of hydrogen-bond acceptors (Lipinski definition) is 6. The summed E-state index contributed by atoms with van der Waals surface area (Å²) in [5, 5.41) is 3.92. The van der Waals surface area contributed by atoms with Crippen LogP contribution in [0.2, 0.25) is 5.02 Å². The van der Waals surface area contributed by atoms with E-state index in [1.807, 2.05) is 0 Å². The van der Waals surface area contributed by atoms with Gasteiger partial charge in [-0.3, -0.25) is 4.79 Å². The Balaban J connectivity index is 1.77. The summed E-state index contributed by atoms with van der Waals surface area (Å²) in [5.74, 6) is 4.80. The van der Waals surface area contributed by atoms with Crippen molar-refractivity contribution < 1.29 is 14.3 Å². The highest BCUT2D eigenvalue weighted by Crippen LogP contribution is 2.20. The van der Waals surface area contributed by atoms with Crippen LogP contribution >= 0.6 is 11.6 Å². The maximum Gasteiger partial charge on any atom is 0.345 e. The minimum Gasteiger partial charge on any atom is -0.423 e. The maximum atomic E-state index is 12.6. The molecular weight excluding hydrogens is 378 g/mol. The van der Waals surface area contributed by atoms with E-state index in [9.17, 15) is 9.59 Å². The van der Waals surface area contributed by atoms with E-state index < -0.39 is 5.97 Å². The minimum atomic E-state index is -0.580. The van der Waals surface area contributed by atoms with Crippen LogP contribution in [0.25, 0.3) is 0 Å². The number of ketones is 1. The zero-order valence-corrected chi connectivity index (χ0v) is 15.4. The van der Waals surface area contributed by atoms with E-state index in [1.165, 1.54) is 0 Å². The van der Waals surface area contributed by atoms with Gasteiger partial charge in [-0.1, -0.05) is 23.7 Å². The van der Waals surface area contributed by atoms with Gasteiger partial charge in [0, 0.05) is 16.8 Å². The Morgan fingerprint density at radius 3 is 2.07 bits per heavy atom. The summed E-state index contributed by atoms with van der Waals surface area (Å²) >= 11 is 6.00. The molecule has 7 heteroatoms. The second-order valence-electron chi connectivity index (χ2n) is 5.82. The second-order valence-corrected chi connectivity index (χ2v) is 6.23. The molecule has 0 saturated carbocycles. The van der Waals surface area contributed by atoms with Crippen LogP contribution in [0.4, 0.5) is 5.69 Å². The fourth-order valence-electron chi connectivity index (χ4n) is 2.51. The van der Waals surface area contributed by atoms with Crippen LogP contribution in [-0.2, 0) is 0 Å². The van der Waals surface area contributed by atoms with Crippen LogP contribution in [0.5, 0.6) is 5.75 Å². The molecule has 0 heterocycles. The van der Waals surface area contributed by atoms with E-state index in [-0.39, 0.29) is 17.1 Å². The molecule has 3 aromatic rings. The van der Waals surface area contributed by atoms with Gasteiger partial charge in [-0.25, -0.2) is 4.79 Å². The van der Waals surface area contributed by atoms with E-state index in [1.54, 1.807) is 72.8 Å². The molecule has 0 fully saturated rings. The number of ether oxygens (including phenoxy) is 1. The number of anilines is 1.